The maximum Gasteiger partial charge on any atom is 0.131 e. The van der Waals surface area contributed by atoms with Gasteiger partial charge in [0.15, 0.2) is 0 Å². The van der Waals surface area contributed by atoms with Crippen molar-refractivity contribution in [1.29, 1.82) is 0 Å². The molecule has 0 unspecified atom stereocenters. The second kappa shape index (κ2) is 5.46. The highest BCUT2D eigenvalue weighted by Crippen LogP contribution is 2.23. The normalized spacial score (nSPS) is 10.5. The minimum Gasteiger partial charge on any atom is -0.389 e. The molecule has 0 radical (unpaired) electrons. The number of anilines is 2. The third-order valence-corrected chi connectivity index (χ3v) is 3.47. The number of aryl methyl sites for hydroxylation is 1. The fourth-order valence-electron chi connectivity index (χ4n) is 2.20. The largest absolute Gasteiger partial charge is 0.389 e. The molecule has 3 N–H and O–H groups in total. The van der Waals surface area contributed by atoms with Gasteiger partial charge in [-0.1, -0.05) is 30.4 Å². The topological polar surface area (TPSA) is 63.8 Å². The fourth-order valence-corrected chi connectivity index (χ4v) is 2.37. The molecule has 3 aromatic rings. The summed E-state index contributed by atoms with van der Waals surface area (Å²) < 4.78 is 0. The van der Waals surface area contributed by atoms with E-state index in [0.29, 0.717) is 10.8 Å². The molecular formula is C16H14N4S. The van der Waals surface area contributed by atoms with Crippen molar-refractivity contribution in [1.82, 2.24) is 9.97 Å². The van der Waals surface area contributed by atoms with Gasteiger partial charge >= 0.3 is 0 Å². The van der Waals surface area contributed by atoms with Crippen LogP contribution in [0.3, 0.4) is 0 Å². The molecule has 4 nitrogen and oxygen atoms in total. The van der Waals surface area contributed by atoms with Crippen LogP contribution >= 0.6 is 12.2 Å². The summed E-state index contributed by atoms with van der Waals surface area (Å²) in [6, 6.07) is 13.5. The Kier molecular flexibility index (Phi) is 3.50. The van der Waals surface area contributed by atoms with E-state index in [9.17, 15) is 0 Å². The van der Waals surface area contributed by atoms with Crippen molar-refractivity contribution in [3.05, 3.63) is 59.9 Å². The molecule has 0 bridgehead atoms. The van der Waals surface area contributed by atoms with Crippen LogP contribution in [-0.2, 0) is 0 Å². The van der Waals surface area contributed by atoms with E-state index in [0.717, 1.165) is 27.8 Å². The number of benzene rings is 1. The number of thiocarbonyl (C=S) groups is 1. The van der Waals surface area contributed by atoms with Crippen LogP contribution < -0.4 is 11.1 Å². The van der Waals surface area contributed by atoms with Gasteiger partial charge in [0.2, 0.25) is 0 Å². The molecule has 0 saturated heterocycles. The number of hydrogen-bond donors (Lipinski definition) is 2. The Balaban J connectivity index is 2.11. The number of nitrogens with zero attached hydrogens (tertiary/aromatic N) is 2. The van der Waals surface area contributed by atoms with Crippen LogP contribution in [0.4, 0.5) is 11.5 Å². The van der Waals surface area contributed by atoms with Crippen molar-refractivity contribution < 1.29 is 0 Å². The SMILES string of the molecule is Cc1ncccc1Nc1cc(C(N)=S)c2ccccc2n1. The van der Waals surface area contributed by atoms with Gasteiger partial charge in [0.25, 0.3) is 0 Å². The number of para-hydroxylation sites is 1. The molecule has 3 rings (SSSR count). The smallest absolute Gasteiger partial charge is 0.131 e. The number of hydrogen-bond acceptors (Lipinski definition) is 4. The lowest BCUT2D eigenvalue weighted by Gasteiger charge is -2.11. The average molecular weight is 294 g/mol. The van der Waals surface area contributed by atoms with Gasteiger partial charge in [0.05, 0.1) is 16.9 Å². The van der Waals surface area contributed by atoms with Gasteiger partial charge in [0, 0.05) is 17.1 Å². The number of nitrogens with one attached hydrogen (secondary N) is 1. The Bertz CT molecular complexity index is 829. The number of rotatable bonds is 3. The molecule has 0 atom stereocenters. The highest BCUT2D eigenvalue weighted by atomic mass is 32.1. The lowest BCUT2D eigenvalue weighted by Crippen LogP contribution is -2.11. The van der Waals surface area contributed by atoms with Crippen LogP contribution in [0.5, 0.6) is 0 Å². The van der Waals surface area contributed by atoms with Gasteiger partial charge in [-0.2, -0.15) is 0 Å². The van der Waals surface area contributed by atoms with Gasteiger partial charge in [-0.05, 0) is 31.2 Å². The maximum absolute atomic E-state index is 5.84. The van der Waals surface area contributed by atoms with E-state index in [1.54, 1.807) is 6.20 Å². The Morgan fingerprint density at radius 1 is 1.19 bits per heavy atom. The lowest BCUT2D eigenvalue weighted by atomic mass is 10.1. The van der Waals surface area contributed by atoms with E-state index in [2.05, 4.69) is 15.3 Å². The zero-order chi connectivity index (χ0) is 14.8. The van der Waals surface area contributed by atoms with Crippen LogP contribution in [0, 0.1) is 6.92 Å². The fraction of sp³-hybridized carbons (Fsp3) is 0.0625. The van der Waals surface area contributed by atoms with E-state index in [-0.39, 0.29) is 0 Å². The van der Waals surface area contributed by atoms with E-state index >= 15 is 0 Å². The summed E-state index contributed by atoms with van der Waals surface area (Å²) >= 11 is 5.15. The summed E-state index contributed by atoms with van der Waals surface area (Å²) in [5.74, 6) is 0.701. The summed E-state index contributed by atoms with van der Waals surface area (Å²) in [7, 11) is 0. The quantitative estimate of drug-likeness (QED) is 0.726. The number of nitrogens with two attached hydrogens (primary N) is 1. The first-order chi connectivity index (χ1) is 10.1. The summed E-state index contributed by atoms with van der Waals surface area (Å²) in [6.45, 7) is 1.94. The number of aromatic nitrogens is 2. The highest BCUT2D eigenvalue weighted by molar-refractivity contribution is 7.80. The molecule has 0 spiro atoms. The molecule has 5 heteroatoms. The van der Waals surface area contributed by atoms with Crippen molar-refractivity contribution in [3.8, 4) is 0 Å². The third kappa shape index (κ3) is 2.68. The van der Waals surface area contributed by atoms with E-state index in [1.165, 1.54) is 0 Å². The van der Waals surface area contributed by atoms with Crippen LogP contribution in [0.1, 0.15) is 11.3 Å². The molecule has 0 saturated carbocycles. The Hall–Kier alpha value is -2.53. The summed E-state index contributed by atoms with van der Waals surface area (Å²) in [5.41, 5.74) is 9.33. The summed E-state index contributed by atoms with van der Waals surface area (Å²) in [6.07, 6.45) is 1.76. The van der Waals surface area contributed by atoms with Crippen molar-refractivity contribution in [2.75, 3.05) is 5.32 Å². The van der Waals surface area contributed by atoms with Gasteiger partial charge in [-0.3, -0.25) is 4.98 Å². The van der Waals surface area contributed by atoms with Crippen LogP contribution in [0.2, 0.25) is 0 Å². The highest BCUT2D eigenvalue weighted by Gasteiger charge is 2.08. The minimum atomic E-state index is 0.361. The monoisotopic (exact) mass is 294 g/mol. The van der Waals surface area contributed by atoms with Gasteiger partial charge < -0.3 is 11.1 Å². The first-order valence-corrected chi connectivity index (χ1v) is 6.94. The summed E-state index contributed by atoms with van der Waals surface area (Å²) in [4.78, 5) is 9.22. The molecule has 0 aliphatic carbocycles. The molecule has 21 heavy (non-hydrogen) atoms. The molecular weight excluding hydrogens is 280 g/mol. The van der Waals surface area contributed by atoms with Crippen molar-refractivity contribution in [2.24, 2.45) is 5.73 Å². The average Bonchev–Trinajstić information content (AvgIpc) is 2.48. The van der Waals surface area contributed by atoms with E-state index in [4.69, 9.17) is 18.0 Å². The Labute approximate surface area is 128 Å². The zero-order valence-electron chi connectivity index (χ0n) is 11.5. The van der Waals surface area contributed by atoms with Gasteiger partial charge in [-0.25, -0.2) is 4.98 Å². The van der Waals surface area contributed by atoms with Crippen LogP contribution in [0.25, 0.3) is 10.9 Å². The predicted molar refractivity (Wildman–Crippen MR) is 89.9 cm³/mol. The Morgan fingerprint density at radius 3 is 2.76 bits per heavy atom. The van der Waals surface area contributed by atoms with Gasteiger partial charge in [0.1, 0.15) is 10.8 Å². The lowest BCUT2D eigenvalue weighted by molar-refractivity contribution is 1.19. The molecule has 0 amide bonds. The zero-order valence-corrected chi connectivity index (χ0v) is 12.3. The van der Waals surface area contributed by atoms with Crippen molar-refractivity contribution in [3.63, 3.8) is 0 Å². The molecule has 0 fully saturated rings. The standard InChI is InChI=1S/C16H14N4S/c1-10-13(7-4-8-18-10)19-15-9-12(16(17)21)11-5-2-3-6-14(11)20-15/h2-9H,1H3,(H2,17,21)(H,19,20). The van der Waals surface area contributed by atoms with Crippen LogP contribution in [0.15, 0.2) is 48.7 Å². The minimum absolute atomic E-state index is 0.361. The Morgan fingerprint density at radius 2 is 2.00 bits per heavy atom. The molecule has 2 aromatic heterocycles. The second-order valence-corrected chi connectivity index (χ2v) is 5.14. The van der Waals surface area contributed by atoms with Gasteiger partial charge in [-0.15, -0.1) is 0 Å². The van der Waals surface area contributed by atoms with Crippen molar-refractivity contribution in [2.45, 2.75) is 6.92 Å². The number of fused-ring (bicyclic) bond motifs is 1. The second-order valence-electron chi connectivity index (χ2n) is 4.70. The molecule has 0 aliphatic heterocycles. The predicted octanol–water partition coefficient (Wildman–Crippen LogP) is 3.32. The number of pyridine rings is 2. The van der Waals surface area contributed by atoms with Crippen molar-refractivity contribution >= 4 is 39.6 Å². The van der Waals surface area contributed by atoms with E-state index < -0.39 is 0 Å². The molecule has 1 aromatic carbocycles. The molecule has 2 heterocycles. The first kappa shape index (κ1) is 13.5. The maximum atomic E-state index is 5.84. The summed E-state index contributed by atoms with van der Waals surface area (Å²) in [5, 5.41) is 4.23. The molecule has 0 aliphatic rings. The first-order valence-electron chi connectivity index (χ1n) is 6.53. The van der Waals surface area contributed by atoms with Crippen LogP contribution in [-0.4, -0.2) is 15.0 Å². The van der Waals surface area contributed by atoms with E-state index in [1.807, 2.05) is 49.4 Å². The third-order valence-electron chi connectivity index (χ3n) is 3.25. The molecule has 104 valence electrons.